The van der Waals surface area contributed by atoms with E-state index in [9.17, 15) is 4.79 Å². The smallest absolute Gasteiger partial charge is 0.404 e. The van der Waals surface area contributed by atoms with Crippen LogP contribution in [0.25, 0.3) is 22.6 Å². The first-order valence-electron chi connectivity index (χ1n) is 6.14. The Balaban J connectivity index is 1.93. The van der Waals surface area contributed by atoms with Crippen molar-refractivity contribution >= 4 is 17.2 Å². The maximum Gasteiger partial charge on any atom is 0.404 e. The van der Waals surface area contributed by atoms with Gasteiger partial charge in [0.1, 0.15) is 5.52 Å². The average Bonchev–Trinajstić information content (AvgIpc) is 2.89. The SMILES string of the molecule is O=C(O)NCc1ccc2oc(-c3ccccc3)nc2c1. The molecule has 0 saturated carbocycles. The summed E-state index contributed by atoms with van der Waals surface area (Å²) in [5.41, 5.74) is 3.15. The summed E-state index contributed by atoms with van der Waals surface area (Å²) in [4.78, 5) is 14.9. The highest BCUT2D eigenvalue weighted by atomic mass is 16.4. The van der Waals surface area contributed by atoms with E-state index in [1.54, 1.807) is 6.07 Å². The third-order valence-electron chi connectivity index (χ3n) is 2.92. The quantitative estimate of drug-likeness (QED) is 0.764. The van der Waals surface area contributed by atoms with Crippen molar-refractivity contribution in [2.75, 3.05) is 0 Å². The molecule has 5 heteroatoms. The molecule has 5 nitrogen and oxygen atoms in total. The number of fused-ring (bicyclic) bond motifs is 1. The second-order valence-corrected chi connectivity index (χ2v) is 4.35. The van der Waals surface area contributed by atoms with Crippen LogP contribution in [-0.2, 0) is 6.54 Å². The first-order valence-corrected chi connectivity index (χ1v) is 6.14. The Bertz CT molecular complexity index is 750. The number of hydrogen-bond donors (Lipinski definition) is 2. The lowest BCUT2D eigenvalue weighted by Gasteiger charge is -1.99. The van der Waals surface area contributed by atoms with Gasteiger partial charge in [0.15, 0.2) is 5.58 Å². The lowest BCUT2D eigenvalue weighted by molar-refractivity contribution is 0.194. The Morgan fingerprint density at radius 1 is 1.20 bits per heavy atom. The third-order valence-corrected chi connectivity index (χ3v) is 2.92. The monoisotopic (exact) mass is 268 g/mol. The van der Waals surface area contributed by atoms with Crippen LogP contribution >= 0.6 is 0 Å². The molecular weight excluding hydrogens is 256 g/mol. The van der Waals surface area contributed by atoms with Gasteiger partial charge in [0.05, 0.1) is 0 Å². The molecule has 1 aromatic heterocycles. The van der Waals surface area contributed by atoms with Crippen LogP contribution in [0, 0.1) is 0 Å². The first kappa shape index (κ1) is 12.2. The maximum absolute atomic E-state index is 10.5. The van der Waals surface area contributed by atoms with Gasteiger partial charge >= 0.3 is 6.09 Å². The zero-order valence-electron chi connectivity index (χ0n) is 10.5. The Morgan fingerprint density at radius 2 is 2.00 bits per heavy atom. The molecule has 2 N–H and O–H groups in total. The Labute approximate surface area is 114 Å². The second-order valence-electron chi connectivity index (χ2n) is 4.35. The molecule has 0 spiro atoms. The van der Waals surface area contributed by atoms with E-state index < -0.39 is 6.09 Å². The van der Waals surface area contributed by atoms with Gasteiger partial charge in [-0.25, -0.2) is 9.78 Å². The lowest BCUT2D eigenvalue weighted by atomic mass is 10.2. The zero-order valence-corrected chi connectivity index (χ0v) is 10.5. The number of nitrogens with one attached hydrogen (secondary N) is 1. The fourth-order valence-corrected chi connectivity index (χ4v) is 1.96. The van der Waals surface area contributed by atoms with Crippen LogP contribution in [0.2, 0.25) is 0 Å². The van der Waals surface area contributed by atoms with Gasteiger partial charge in [-0.05, 0) is 29.8 Å². The molecule has 0 aliphatic rings. The van der Waals surface area contributed by atoms with Crippen LogP contribution in [-0.4, -0.2) is 16.2 Å². The van der Waals surface area contributed by atoms with Crippen molar-refractivity contribution in [3.8, 4) is 11.5 Å². The summed E-state index contributed by atoms with van der Waals surface area (Å²) in [6.07, 6.45) is -1.05. The summed E-state index contributed by atoms with van der Waals surface area (Å²) >= 11 is 0. The van der Waals surface area contributed by atoms with Crippen LogP contribution in [0.1, 0.15) is 5.56 Å². The van der Waals surface area contributed by atoms with Gasteiger partial charge in [0, 0.05) is 12.1 Å². The van der Waals surface area contributed by atoms with E-state index in [0.717, 1.165) is 11.1 Å². The minimum atomic E-state index is -1.05. The van der Waals surface area contributed by atoms with Crippen molar-refractivity contribution in [3.63, 3.8) is 0 Å². The average molecular weight is 268 g/mol. The van der Waals surface area contributed by atoms with E-state index in [2.05, 4.69) is 10.3 Å². The fourth-order valence-electron chi connectivity index (χ4n) is 1.96. The standard InChI is InChI=1S/C15H12N2O3/c18-15(19)16-9-10-6-7-13-12(8-10)17-14(20-13)11-4-2-1-3-5-11/h1-8,16H,9H2,(H,18,19). The molecule has 20 heavy (non-hydrogen) atoms. The van der Waals surface area contributed by atoms with E-state index >= 15 is 0 Å². The maximum atomic E-state index is 10.5. The molecule has 0 aliphatic heterocycles. The summed E-state index contributed by atoms with van der Waals surface area (Å²) < 4.78 is 5.69. The van der Waals surface area contributed by atoms with E-state index in [1.807, 2.05) is 42.5 Å². The summed E-state index contributed by atoms with van der Waals surface area (Å²) in [5, 5.41) is 10.9. The van der Waals surface area contributed by atoms with Crippen LogP contribution in [0.3, 0.4) is 0 Å². The van der Waals surface area contributed by atoms with Crippen LogP contribution in [0.5, 0.6) is 0 Å². The molecule has 0 unspecified atom stereocenters. The Morgan fingerprint density at radius 3 is 2.75 bits per heavy atom. The number of nitrogens with zero attached hydrogens (tertiary/aromatic N) is 1. The highest BCUT2D eigenvalue weighted by Gasteiger charge is 2.08. The minimum absolute atomic E-state index is 0.249. The molecule has 0 fully saturated rings. The zero-order chi connectivity index (χ0) is 13.9. The molecular formula is C15H12N2O3. The van der Waals surface area contributed by atoms with Crippen molar-refractivity contribution in [2.24, 2.45) is 0 Å². The van der Waals surface area contributed by atoms with Gasteiger partial charge < -0.3 is 14.8 Å². The number of carbonyl (C=O) groups is 1. The minimum Gasteiger partial charge on any atom is -0.465 e. The molecule has 0 bridgehead atoms. The Kier molecular flexibility index (Phi) is 3.09. The summed E-state index contributed by atoms with van der Waals surface area (Å²) in [6.45, 7) is 0.249. The molecule has 0 atom stereocenters. The lowest BCUT2D eigenvalue weighted by Crippen LogP contribution is -2.19. The highest BCUT2D eigenvalue weighted by Crippen LogP contribution is 2.24. The molecule has 0 radical (unpaired) electrons. The topological polar surface area (TPSA) is 75.4 Å². The highest BCUT2D eigenvalue weighted by molar-refractivity contribution is 5.77. The summed E-state index contributed by atoms with van der Waals surface area (Å²) in [7, 11) is 0. The number of aromatic nitrogens is 1. The van der Waals surface area contributed by atoms with E-state index in [4.69, 9.17) is 9.52 Å². The number of hydrogen-bond acceptors (Lipinski definition) is 3. The number of benzene rings is 2. The fraction of sp³-hybridized carbons (Fsp3) is 0.0667. The molecule has 100 valence electrons. The van der Waals surface area contributed by atoms with E-state index in [-0.39, 0.29) is 6.54 Å². The number of carboxylic acid groups (broad SMARTS) is 1. The van der Waals surface area contributed by atoms with Crippen molar-refractivity contribution in [1.29, 1.82) is 0 Å². The van der Waals surface area contributed by atoms with Crippen LogP contribution < -0.4 is 5.32 Å². The molecule has 0 saturated heterocycles. The molecule has 3 aromatic rings. The molecule has 3 rings (SSSR count). The molecule has 2 aromatic carbocycles. The largest absolute Gasteiger partial charge is 0.465 e. The summed E-state index contributed by atoms with van der Waals surface area (Å²) in [5.74, 6) is 0.559. The van der Waals surface area contributed by atoms with Crippen molar-refractivity contribution in [3.05, 3.63) is 54.1 Å². The number of rotatable bonds is 3. The van der Waals surface area contributed by atoms with Gasteiger partial charge in [-0.2, -0.15) is 0 Å². The number of amides is 1. The first-order chi connectivity index (χ1) is 9.72. The van der Waals surface area contributed by atoms with Crippen LogP contribution in [0.15, 0.2) is 52.9 Å². The predicted molar refractivity (Wildman–Crippen MR) is 74.3 cm³/mol. The molecule has 1 heterocycles. The van der Waals surface area contributed by atoms with E-state index in [1.165, 1.54) is 0 Å². The van der Waals surface area contributed by atoms with Gasteiger partial charge in [-0.15, -0.1) is 0 Å². The molecule has 0 aliphatic carbocycles. The van der Waals surface area contributed by atoms with Crippen LogP contribution in [0.4, 0.5) is 4.79 Å². The van der Waals surface area contributed by atoms with Gasteiger partial charge in [-0.1, -0.05) is 24.3 Å². The Hall–Kier alpha value is -2.82. The van der Waals surface area contributed by atoms with Gasteiger partial charge in [0.25, 0.3) is 0 Å². The summed E-state index contributed by atoms with van der Waals surface area (Å²) in [6, 6.07) is 15.1. The van der Waals surface area contributed by atoms with Crippen molar-refractivity contribution < 1.29 is 14.3 Å². The van der Waals surface area contributed by atoms with Gasteiger partial charge in [0.2, 0.25) is 5.89 Å². The van der Waals surface area contributed by atoms with E-state index in [0.29, 0.717) is 17.0 Å². The normalized spacial score (nSPS) is 10.6. The third kappa shape index (κ3) is 2.47. The van der Waals surface area contributed by atoms with Crippen molar-refractivity contribution in [1.82, 2.24) is 10.3 Å². The second kappa shape index (κ2) is 5.05. The predicted octanol–water partition coefficient (Wildman–Crippen LogP) is 3.26. The van der Waals surface area contributed by atoms with Crippen molar-refractivity contribution in [2.45, 2.75) is 6.54 Å². The van der Waals surface area contributed by atoms with Gasteiger partial charge in [-0.3, -0.25) is 0 Å². The molecule has 1 amide bonds. The number of oxazole rings is 1.